The number of benzene rings is 3. The normalized spacial score (nSPS) is 15.5. The van der Waals surface area contributed by atoms with Gasteiger partial charge in [0.15, 0.2) is 6.10 Å². The molecule has 3 aromatic rings. The van der Waals surface area contributed by atoms with Crippen LogP contribution in [-0.4, -0.2) is 48.0 Å². The first-order valence-corrected chi connectivity index (χ1v) is 11.5. The minimum atomic E-state index is -0.442. The maximum Gasteiger partial charge on any atom is 0.263 e. The monoisotopic (exact) mass is 428 g/mol. The van der Waals surface area contributed by atoms with E-state index in [2.05, 4.69) is 65.6 Å². The predicted molar refractivity (Wildman–Crippen MR) is 129 cm³/mol. The standard InChI is InChI=1S/C28H32N2O2/c1-3-26(32-25-16-10-11-22(2)21-25)28(31)30-19-17-29(18-20-30)27(23-12-6-4-7-13-23)24-14-8-5-9-15-24/h4-16,21,26-27H,3,17-20H2,1-2H3/t26-/m0/s1. The Morgan fingerprint density at radius 1 is 0.844 bits per heavy atom. The van der Waals surface area contributed by atoms with Gasteiger partial charge in [-0.05, 0) is 42.2 Å². The average molecular weight is 429 g/mol. The molecule has 1 saturated heterocycles. The molecule has 1 amide bonds. The summed E-state index contributed by atoms with van der Waals surface area (Å²) in [6.45, 7) is 7.13. The Balaban J connectivity index is 1.44. The lowest BCUT2D eigenvalue weighted by Crippen LogP contribution is -2.53. The van der Waals surface area contributed by atoms with Crippen LogP contribution in [0.3, 0.4) is 0 Å². The summed E-state index contributed by atoms with van der Waals surface area (Å²) in [5, 5.41) is 0. The number of carbonyl (C=O) groups is 1. The van der Waals surface area contributed by atoms with Gasteiger partial charge in [0.05, 0.1) is 6.04 Å². The van der Waals surface area contributed by atoms with Crippen LogP contribution in [0.1, 0.15) is 36.1 Å². The predicted octanol–water partition coefficient (Wildman–Crippen LogP) is 5.09. The second-order valence-electron chi connectivity index (χ2n) is 8.42. The summed E-state index contributed by atoms with van der Waals surface area (Å²) < 4.78 is 6.07. The molecule has 0 bridgehead atoms. The highest BCUT2D eigenvalue weighted by Crippen LogP contribution is 2.29. The first kappa shape index (κ1) is 22.1. The van der Waals surface area contributed by atoms with Crippen molar-refractivity contribution in [2.45, 2.75) is 32.4 Å². The molecule has 4 rings (SSSR count). The van der Waals surface area contributed by atoms with Gasteiger partial charge < -0.3 is 9.64 Å². The second kappa shape index (κ2) is 10.5. The van der Waals surface area contributed by atoms with E-state index in [4.69, 9.17) is 4.74 Å². The van der Waals surface area contributed by atoms with E-state index in [9.17, 15) is 4.79 Å². The Bertz CT molecular complexity index is 959. The molecule has 166 valence electrons. The number of ether oxygens (including phenoxy) is 1. The number of hydrogen-bond acceptors (Lipinski definition) is 3. The largest absolute Gasteiger partial charge is 0.481 e. The fraction of sp³-hybridized carbons (Fsp3) is 0.321. The second-order valence-corrected chi connectivity index (χ2v) is 8.42. The van der Waals surface area contributed by atoms with E-state index in [1.807, 2.05) is 43.0 Å². The van der Waals surface area contributed by atoms with Crippen LogP contribution >= 0.6 is 0 Å². The highest BCUT2D eigenvalue weighted by atomic mass is 16.5. The Morgan fingerprint density at radius 2 is 1.44 bits per heavy atom. The summed E-state index contributed by atoms with van der Waals surface area (Å²) in [4.78, 5) is 17.7. The molecule has 1 atom stereocenters. The van der Waals surface area contributed by atoms with Gasteiger partial charge in [-0.3, -0.25) is 9.69 Å². The van der Waals surface area contributed by atoms with Gasteiger partial charge in [-0.25, -0.2) is 0 Å². The summed E-state index contributed by atoms with van der Waals surface area (Å²) >= 11 is 0. The zero-order chi connectivity index (χ0) is 22.3. The number of carbonyl (C=O) groups excluding carboxylic acids is 1. The Hall–Kier alpha value is -3.11. The summed E-state index contributed by atoms with van der Waals surface area (Å²) in [5.74, 6) is 0.849. The molecule has 1 aliphatic rings. The number of piperazine rings is 1. The Morgan fingerprint density at radius 3 is 1.97 bits per heavy atom. The quantitative estimate of drug-likeness (QED) is 0.526. The van der Waals surface area contributed by atoms with Gasteiger partial charge in [-0.15, -0.1) is 0 Å². The fourth-order valence-electron chi connectivity index (χ4n) is 4.45. The number of nitrogens with zero attached hydrogens (tertiary/aromatic N) is 2. The van der Waals surface area contributed by atoms with Crippen LogP contribution in [0.5, 0.6) is 5.75 Å². The van der Waals surface area contributed by atoms with Crippen molar-refractivity contribution in [1.29, 1.82) is 0 Å². The molecule has 1 heterocycles. The number of hydrogen-bond donors (Lipinski definition) is 0. The summed E-state index contributed by atoms with van der Waals surface area (Å²) in [6.07, 6.45) is 0.214. The van der Waals surface area contributed by atoms with E-state index < -0.39 is 6.10 Å². The Labute approximate surface area is 191 Å². The van der Waals surface area contributed by atoms with Crippen LogP contribution in [-0.2, 0) is 4.79 Å². The minimum absolute atomic E-state index is 0.0876. The van der Waals surface area contributed by atoms with Crippen LogP contribution in [0.2, 0.25) is 0 Å². The molecule has 4 heteroatoms. The number of aryl methyl sites for hydroxylation is 1. The first-order chi connectivity index (χ1) is 15.7. The molecule has 0 saturated carbocycles. The van der Waals surface area contributed by atoms with Gasteiger partial charge in [-0.2, -0.15) is 0 Å². The third kappa shape index (κ3) is 5.20. The number of amides is 1. The van der Waals surface area contributed by atoms with E-state index in [-0.39, 0.29) is 11.9 Å². The van der Waals surface area contributed by atoms with Crippen LogP contribution in [0.15, 0.2) is 84.9 Å². The summed E-state index contributed by atoms with van der Waals surface area (Å²) in [6, 6.07) is 29.4. The van der Waals surface area contributed by atoms with Crippen molar-refractivity contribution in [3.8, 4) is 5.75 Å². The van der Waals surface area contributed by atoms with Gasteiger partial charge in [0.2, 0.25) is 0 Å². The van der Waals surface area contributed by atoms with E-state index >= 15 is 0 Å². The molecule has 0 aliphatic carbocycles. The van der Waals surface area contributed by atoms with E-state index in [0.717, 1.165) is 24.4 Å². The lowest BCUT2D eigenvalue weighted by atomic mass is 9.96. The van der Waals surface area contributed by atoms with Crippen molar-refractivity contribution in [3.63, 3.8) is 0 Å². The molecule has 3 aromatic carbocycles. The van der Waals surface area contributed by atoms with Crippen LogP contribution in [0.25, 0.3) is 0 Å². The molecule has 4 nitrogen and oxygen atoms in total. The molecule has 0 spiro atoms. The van der Waals surface area contributed by atoms with Crippen molar-refractivity contribution in [3.05, 3.63) is 102 Å². The van der Waals surface area contributed by atoms with Gasteiger partial charge in [0.25, 0.3) is 5.91 Å². The molecule has 0 aromatic heterocycles. The summed E-state index contributed by atoms with van der Waals surface area (Å²) in [7, 11) is 0. The SMILES string of the molecule is CC[C@H](Oc1cccc(C)c1)C(=O)N1CCN(C(c2ccccc2)c2ccccc2)CC1. The number of rotatable bonds is 7. The van der Waals surface area contributed by atoms with Crippen LogP contribution in [0.4, 0.5) is 0 Å². The lowest BCUT2D eigenvalue weighted by Gasteiger charge is -2.40. The van der Waals surface area contributed by atoms with Gasteiger partial charge in [0, 0.05) is 26.2 Å². The van der Waals surface area contributed by atoms with E-state index in [1.54, 1.807) is 0 Å². The molecule has 32 heavy (non-hydrogen) atoms. The maximum absolute atomic E-state index is 13.2. The van der Waals surface area contributed by atoms with Gasteiger partial charge in [0.1, 0.15) is 5.75 Å². The van der Waals surface area contributed by atoms with Crippen molar-refractivity contribution in [1.82, 2.24) is 9.80 Å². The van der Waals surface area contributed by atoms with Gasteiger partial charge in [-0.1, -0.05) is 79.7 Å². The molecule has 1 fully saturated rings. The van der Waals surface area contributed by atoms with Crippen LogP contribution < -0.4 is 4.74 Å². The first-order valence-electron chi connectivity index (χ1n) is 11.5. The maximum atomic E-state index is 13.2. The van der Waals surface area contributed by atoms with E-state index in [1.165, 1.54) is 11.1 Å². The highest BCUT2D eigenvalue weighted by molar-refractivity contribution is 5.81. The van der Waals surface area contributed by atoms with Crippen molar-refractivity contribution in [2.24, 2.45) is 0 Å². The van der Waals surface area contributed by atoms with Crippen LogP contribution in [0, 0.1) is 6.92 Å². The van der Waals surface area contributed by atoms with Crippen molar-refractivity contribution in [2.75, 3.05) is 26.2 Å². The molecule has 0 radical (unpaired) electrons. The molecular weight excluding hydrogens is 396 g/mol. The zero-order valence-electron chi connectivity index (χ0n) is 19.0. The average Bonchev–Trinajstić information content (AvgIpc) is 2.84. The highest BCUT2D eigenvalue weighted by Gasteiger charge is 2.31. The van der Waals surface area contributed by atoms with Gasteiger partial charge >= 0.3 is 0 Å². The van der Waals surface area contributed by atoms with Crippen molar-refractivity contribution >= 4 is 5.91 Å². The summed E-state index contributed by atoms with van der Waals surface area (Å²) in [5.41, 5.74) is 3.70. The smallest absolute Gasteiger partial charge is 0.263 e. The van der Waals surface area contributed by atoms with Crippen molar-refractivity contribution < 1.29 is 9.53 Å². The Kier molecular flexibility index (Phi) is 7.23. The molecule has 0 unspecified atom stereocenters. The molecule has 0 N–H and O–H groups in total. The fourth-order valence-corrected chi connectivity index (χ4v) is 4.45. The zero-order valence-corrected chi connectivity index (χ0v) is 19.0. The topological polar surface area (TPSA) is 32.8 Å². The lowest BCUT2D eigenvalue weighted by molar-refractivity contribution is -0.140. The third-order valence-corrected chi connectivity index (χ3v) is 6.14. The van der Waals surface area contributed by atoms with E-state index in [0.29, 0.717) is 19.5 Å². The minimum Gasteiger partial charge on any atom is -0.481 e. The molecular formula is C28H32N2O2. The molecule has 1 aliphatic heterocycles. The third-order valence-electron chi connectivity index (χ3n) is 6.14.